The van der Waals surface area contributed by atoms with Crippen molar-refractivity contribution in [2.45, 2.75) is 13.3 Å². The Morgan fingerprint density at radius 1 is 1.11 bits per heavy atom. The fourth-order valence-electron chi connectivity index (χ4n) is 2.69. The Kier molecular flexibility index (Phi) is 3.12. The summed E-state index contributed by atoms with van der Waals surface area (Å²) in [7, 11) is 2.16. The summed E-state index contributed by atoms with van der Waals surface area (Å²) < 4.78 is 0. The maximum atomic E-state index is 2.34. The molecule has 0 N–H and O–H groups in total. The molecule has 3 rings (SSSR count). The minimum absolute atomic E-state index is 1.14. The number of hydrogen-bond donors (Lipinski definition) is 0. The molecule has 0 unspecified atom stereocenters. The van der Waals surface area contributed by atoms with Gasteiger partial charge < -0.3 is 4.90 Å². The number of rotatable bonds is 2. The quantitative estimate of drug-likeness (QED) is 0.720. The summed E-state index contributed by atoms with van der Waals surface area (Å²) in [6.45, 7) is 3.33. The number of likely N-dealkylation sites (N-methyl/N-ethyl adjacent to an activating group) is 1. The van der Waals surface area contributed by atoms with Crippen LogP contribution in [0.25, 0.3) is 11.6 Å². The first-order chi connectivity index (χ1) is 9.24. The molecule has 96 valence electrons. The minimum Gasteiger partial charge on any atom is -0.374 e. The smallest absolute Gasteiger partial charge is 0.0397 e. The lowest BCUT2D eigenvalue weighted by molar-refractivity contribution is 0.956. The second-order valence-corrected chi connectivity index (χ2v) is 5.25. The maximum absolute atomic E-state index is 2.34. The Morgan fingerprint density at radius 2 is 1.89 bits per heavy atom. The number of anilines is 1. The van der Waals surface area contributed by atoms with Crippen LogP contribution in [-0.4, -0.2) is 13.6 Å². The van der Waals surface area contributed by atoms with Gasteiger partial charge in [-0.2, -0.15) is 0 Å². The summed E-state index contributed by atoms with van der Waals surface area (Å²) >= 11 is 0. The minimum atomic E-state index is 1.14. The van der Waals surface area contributed by atoms with Crippen molar-refractivity contribution in [1.29, 1.82) is 0 Å². The van der Waals surface area contributed by atoms with Crippen LogP contribution in [0.4, 0.5) is 5.69 Å². The largest absolute Gasteiger partial charge is 0.374 e. The second-order valence-electron chi connectivity index (χ2n) is 5.25. The first kappa shape index (κ1) is 12.0. The van der Waals surface area contributed by atoms with Gasteiger partial charge in [0.15, 0.2) is 0 Å². The van der Waals surface area contributed by atoms with Gasteiger partial charge in [0, 0.05) is 19.3 Å². The van der Waals surface area contributed by atoms with E-state index in [0.717, 1.165) is 13.0 Å². The van der Waals surface area contributed by atoms with Crippen molar-refractivity contribution in [3.63, 3.8) is 0 Å². The molecule has 1 aliphatic rings. The SMILES string of the molecule is C/C(=C\c1ccccc1)c1ccc2c(c1)CCN2C. The van der Waals surface area contributed by atoms with Gasteiger partial charge in [-0.05, 0) is 47.7 Å². The number of fused-ring (bicyclic) bond motifs is 1. The van der Waals surface area contributed by atoms with E-state index in [4.69, 9.17) is 0 Å². The molecule has 0 aliphatic carbocycles. The molecule has 0 spiro atoms. The van der Waals surface area contributed by atoms with Gasteiger partial charge in [-0.1, -0.05) is 42.5 Å². The molecular weight excluding hydrogens is 230 g/mol. The average Bonchev–Trinajstić information content (AvgIpc) is 2.81. The van der Waals surface area contributed by atoms with Crippen LogP contribution in [0.1, 0.15) is 23.6 Å². The van der Waals surface area contributed by atoms with Gasteiger partial charge in [0.25, 0.3) is 0 Å². The molecule has 0 saturated carbocycles. The van der Waals surface area contributed by atoms with Gasteiger partial charge in [-0.15, -0.1) is 0 Å². The lowest BCUT2D eigenvalue weighted by Gasteiger charge is -2.12. The van der Waals surface area contributed by atoms with Crippen molar-refractivity contribution in [2.75, 3.05) is 18.5 Å². The Labute approximate surface area is 115 Å². The summed E-state index contributed by atoms with van der Waals surface area (Å²) in [6, 6.07) is 17.3. The fraction of sp³-hybridized carbons (Fsp3) is 0.222. The van der Waals surface area contributed by atoms with Crippen LogP contribution in [0.15, 0.2) is 48.5 Å². The molecule has 19 heavy (non-hydrogen) atoms. The van der Waals surface area contributed by atoms with Crippen molar-refractivity contribution in [3.8, 4) is 0 Å². The van der Waals surface area contributed by atoms with E-state index in [1.54, 1.807) is 0 Å². The molecular formula is C18H19N. The van der Waals surface area contributed by atoms with Gasteiger partial charge in [-0.25, -0.2) is 0 Å². The van der Waals surface area contributed by atoms with Gasteiger partial charge in [0.05, 0.1) is 0 Å². The molecule has 0 radical (unpaired) electrons. The molecule has 2 aromatic rings. The van der Waals surface area contributed by atoms with Crippen LogP contribution >= 0.6 is 0 Å². The number of hydrogen-bond acceptors (Lipinski definition) is 1. The van der Waals surface area contributed by atoms with E-state index >= 15 is 0 Å². The van der Waals surface area contributed by atoms with Crippen molar-refractivity contribution in [2.24, 2.45) is 0 Å². The highest BCUT2D eigenvalue weighted by atomic mass is 15.1. The third-order valence-electron chi connectivity index (χ3n) is 3.85. The first-order valence-corrected chi connectivity index (χ1v) is 6.82. The van der Waals surface area contributed by atoms with Gasteiger partial charge >= 0.3 is 0 Å². The predicted molar refractivity (Wildman–Crippen MR) is 83.4 cm³/mol. The van der Waals surface area contributed by atoms with E-state index in [2.05, 4.69) is 73.5 Å². The molecule has 0 amide bonds. The highest BCUT2D eigenvalue weighted by Gasteiger charge is 2.15. The van der Waals surface area contributed by atoms with Crippen molar-refractivity contribution in [3.05, 3.63) is 65.2 Å². The molecule has 2 aromatic carbocycles. The average molecular weight is 249 g/mol. The molecule has 1 heterocycles. The second kappa shape index (κ2) is 4.93. The van der Waals surface area contributed by atoms with E-state index in [1.165, 1.54) is 28.0 Å². The first-order valence-electron chi connectivity index (χ1n) is 6.82. The lowest BCUT2D eigenvalue weighted by Crippen LogP contribution is -2.12. The molecule has 1 heteroatoms. The molecule has 1 nitrogen and oxygen atoms in total. The zero-order chi connectivity index (χ0) is 13.2. The van der Waals surface area contributed by atoms with Crippen LogP contribution in [0.3, 0.4) is 0 Å². The Hall–Kier alpha value is -2.02. The Bertz CT molecular complexity index is 611. The Morgan fingerprint density at radius 3 is 2.68 bits per heavy atom. The van der Waals surface area contributed by atoms with E-state index in [-0.39, 0.29) is 0 Å². The number of allylic oxidation sites excluding steroid dienone is 1. The highest BCUT2D eigenvalue weighted by molar-refractivity contribution is 5.81. The van der Waals surface area contributed by atoms with Crippen LogP contribution in [0.2, 0.25) is 0 Å². The van der Waals surface area contributed by atoms with Crippen LogP contribution < -0.4 is 4.90 Å². The lowest BCUT2D eigenvalue weighted by atomic mass is 10.0. The topological polar surface area (TPSA) is 3.24 Å². The summed E-state index contributed by atoms with van der Waals surface area (Å²) in [4.78, 5) is 2.33. The summed E-state index contributed by atoms with van der Waals surface area (Å²) in [6.07, 6.45) is 3.42. The van der Waals surface area contributed by atoms with E-state index in [9.17, 15) is 0 Å². The standard InChI is InChI=1S/C18H19N/c1-14(12-15-6-4-3-5-7-15)16-8-9-18-17(13-16)10-11-19(18)2/h3-9,12-13H,10-11H2,1-2H3/b14-12+. The number of benzene rings is 2. The summed E-state index contributed by atoms with van der Waals surface area (Å²) in [5.41, 5.74) is 6.77. The van der Waals surface area contributed by atoms with E-state index < -0.39 is 0 Å². The zero-order valence-corrected chi connectivity index (χ0v) is 11.6. The van der Waals surface area contributed by atoms with Gasteiger partial charge in [0.2, 0.25) is 0 Å². The van der Waals surface area contributed by atoms with Gasteiger partial charge in [-0.3, -0.25) is 0 Å². The zero-order valence-electron chi connectivity index (χ0n) is 11.6. The summed E-state index contributed by atoms with van der Waals surface area (Å²) in [5.74, 6) is 0. The normalized spacial score (nSPS) is 14.6. The highest BCUT2D eigenvalue weighted by Crippen LogP contribution is 2.30. The Balaban J connectivity index is 1.93. The predicted octanol–water partition coefficient (Wildman–Crippen LogP) is 4.24. The monoisotopic (exact) mass is 249 g/mol. The van der Waals surface area contributed by atoms with Crippen molar-refractivity contribution in [1.82, 2.24) is 0 Å². The van der Waals surface area contributed by atoms with E-state index in [0.29, 0.717) is 0 Å². The third kappa shape index (κ3) is 2.41. The van der Waals surface area contributed by atoms with Crippen molar-refractivity contribution >= 4 is 17.3 Å². The molecule has 0 saturated heterocycles. The van der Waals surface area contributed by atoms with Crippen LogP contribution in [-0.2, 0) is 6.42 Å². The molecule has 0 fully saturated rings. The summed E-state index contributed by atoms with van der Waals surface area (Å²) in [5, 5.41) is 0. The van der Waals surface area contributed by atoms with Crippen molar-refractivity contribution < 1.29 is 0 Å². The van der Waals surface area contributed by atoms with Crippen LogP contribution in [0, 0.1) is 0 Å². The van der Waals surface area contributed by atoms with Gasteiger partial charge in [0.1, 0.15) is 0 Å². The fourth-order valence-corrected chi connectivity index (χ4v) is 2.69. The number of nitrogens with zero attached hydrogens (tertiary/aromatic N) is 1. The third-order valence-corrected chi connectivity index (χ3v) is 3.85. The van der Waals surface area contributed by atoms with Crippen LogP contribution in [0.5, 0.6) is 0 Å². The maximum Gasteiger partial charge on any atom is 0.0397 e. The molecule has 0 bridgehead atoms. The van der Waals surface area contributed by atoms with E-state index in [1.807, 2.05) is 0 Å². The molecule has 1 aliphatic heterocycles. The molecule has 0 aromatic heterocycles. The molecule has 0 atom stereocenters.